The number of carbonyl (C=O) groups is 2. The van der Waals surface area contributed by atoms with Gasteiger partial charge in [0.2, 0.25) is 17.8 Å². The third-order valence-corrected chi connectivity index (χ3v) is 2.59. The van der Waals surface area contributed by atoms with Crippen LogP contribution in [0, 0.1) is 0 Å². The molecule has 1 saturated heterocycles. The van der Waals surface area contributed by atoms with E-state index in [1.54, 1.807) is 14.0 Å². The van der Waals surface area contributed by atoms with Crippen LogP contribution < -0.4 is 16.6 Å². The zero-order valence-corrected chi connectivity index (χ0v) is 10.6. The molecule has 2 amide bonds. The molecule has 0 spiro atoms. The van der Waals surface area contributed by atoms with E-state index in [9.17, 15) is 9.59 Å². The van der Waals surface area contributed by atoms with Crippen molar-refractivity contribution in [2.45, 2.75) is 19.4 Å². The molecule has 4 N–H and O–H groups in total. The van der Waals surface area contributed by atoms with Gasteiger partial charge in [-0.2, -0.15) is 0 Å². The number of rotatable bonds is 4. The summed E-state index contributed by atoms with van der Waals surface area (Å²) in [4.78, 5) is 28.6. The Balaban J connectivity index is 2.67. The number of nitrogens with one attached hydrogen (secondary N) is 2. The van der Waals surface area contributed by atoms with Gasteiger partial charge >= 0.3 is 0 Å². The van der Waals surface area contributed by atoms with E-state index >= 15 is 0 Å². The summed E-state index contributed by atoms with van der Waals surface area (Å²) in [5, 5.41) is 2.25. The molecule has 0 aromatic heterocycles. The minimum Gasteiger partial charge on any atom is -0.385 e. The van der Waals surface area contributed by atoms with Crippen molar-refractivity contribution in [1.82, 2.24) is 15.6 Å². The zero-order chi connectivity index (χ0) is 13.5. The van der Waals surface area contributed by atoms with Crippen molar-refractivity contribution >= 4 is 17.8 Å². The molecule has 1 heterocycles. The van der Waals surface area contributed by atoms with Gasteiger partial charge in [-0.15, -0.1) is 0 Å². The smallest absolute Gasteiger partial charge is 0.249 e. The van der Waals surface area contributed by atoms with E-state index in [-0.39, 0.29) is 18.4 Å². The van der Waals surface area contributed by atoms with Gasteiger partial charge in [0, 0.05) is 20.3 Å². The second-order valence-corrected chi connectivity index (χ2v) is 3.91. The summed E-state index contributed by atoms with van der Waals surface area (Å²) in [5.74, 6) is 4.99. The van der Waals surface area contributed by atoms with E-state index in [1.165, 1.54) is 4.90 Å². The Hall–Kier alpha value is -1.67. The molecule has 1 atom stereocenters. The molecule has 8 heteroatoms. The van der Waals surface area contributed by atoms with Crippen molar-refractivity contribution in [2.75, 3.05) is 26.8 Å². The van der Waals surface area contributed by atoms with Gasteiger partial charge in [-0.25, -0.2) is 5.84 Å². The Morgan fingerprint density at radius 2 is 2.39 bits per heavy atom. The van der Waals surface area contributed by atoms with Crippen LogP contribution in [-0.4, -0.2) is 55.5 Å². The molecule has 1 aliphatic heterocycles. The molecule has 0 bridgehead atoms. The largest absolute Gasteiger partial charge is 0.385 e. The molecular formula is C10H19N5O3. The first-order valence-electron chi connectivity index (χ1n) is 5.70. The molecule has 18 heavy (non-hydrogen) atoms. The lowest BCUT2D eigenvalue weighted by atomic mass is 10.2. The van der Waals surface area contributed by atoms with Crippen molar-refractivity contribution in [3.05, 3.63) is 0 Å². The van der Waals surface area contributed by atoms with Crippen LogP contribution in [0.2, 0.25) is 0 Å². The Labute approximate surface area is 106 Å². The summed E-state index contributed by atoms with van der Waals surface area (Å²) in [6, 6.07) is -0.486. The highest BCUT2D eigenvalue weighted by Crippen LogP contribution is 2.05. The number of hydrogen-bond acceptors (Lipinski definition) is 5. The van der Waals surface area contributed by atoms with Crippen LogP contribution in [0.5, 0.6) is 0 Å². The topological polar surface area (TPSA) is 109 Å². The van der Waals surface area contributed by atoms with E-state index < -0.39 is 6.04 Å². The molecule has 102 valence electrons. The number of hydrazine groups is 1. The zero-order valence-electron chi connectivity index (χ0n) is 10.6. The number of nitrogens with two attached hydrogens (primary N) is 1. The van der Waals surface area contributed by atoms with E-state index in [2.05, 4.69) is 15.7 Å². The number of hydrogen-bond donors (Lipinski definition) is 3. The maximum absolute atomic E-state index is 11.5. The first-order valence-corrected chi connectivity index (χ1v) is 5.70. The van der Waals surface area contributed by atoms with Crippen molar-refractivity contribution < 1.29 is 14.3 Å². The fourth-order valence-electron chi connectivity index (χ4n) is 1.59. The van der Waals surface area contributed by atoms with E-state index in [4.69, 9.17) is 10.6 Å². The molecule has 0 aromatic carbocycles. The average molecular weight is 257 g/mol. The number of nitrogens with zero attached hydrogens (tertiary/aromatic N) is 2. The van der Waals surface area contributed by atoms with Gasteiger partial charge in [-0.1, -0.05) is 0 Å². The first-order chi connectivity index (χ1) is 8.60. The fourth-order valence-corrected chi connectivity index (χ4v) is 1.59. The molecule has 8 nitrogen and oxygen atoms in total. The van der Waals surface area contributed by atoms with Gasteiger partial charge in [-0.05, 0) is 13.3 Å². The van der Waals surface area contributed by atoms with E-state index in [0.29, 0.717) is 19.1 Å². The van der Waals surface area contributed by atoms with Crippen LogP contribution in [0.4, 0.5) is 0 Å². The summed E-state index contributed by atoms with van der Waals surface area (Å²) in [5.41, 5.74) is 2.42. The summed E-state index contributed by atoms with van der Waals surface area (Å²) >= 11 is 0. The number of ether oxygens (including phenoxy) is 1. The lowest BCUT2D eigenvalue weighted by Gasteiger charge is -2.33. The molecule has 0 saturated carbocycles. The van der Waals surface area contributed by atoms with Crippen molar-refractivity contribution in [2.24, 2.45) is 10.8 Å². The molecule has 1 unspecified atom stereocenters. The highest BCUT2D eigenvalue weighted by Gasteiger charge is 2.32. The quantitative estimate of drug-likeness (QED) is 0.137. The lowest BCUT2D eigenvalue weighted by Crippen LogP contribution is -2.61. The third kappa shape index (κ3) is 3.67. The first kappa shape index (κ1) is 14.4. The predicted molar refractivity (Wildman–Crippen MR) is 65.4 cm³/mol. The average Bonchev–Trinajstić information content (AvgIpc) is 2.34. The number of methoxy groups -OCH3 is 1. The minimum absolute atomic E-state index is 0.0558. The standard InChI is InChI=1S/C10H19N5O3/c1-7-9(17)13-8(16)6-15(7)10(14-11)12-4-3-5-18-2/h7H,3-6,11H2,1-2H3,(H,12,14)(H,13,16,17). The maximum atomic E-state index is 11.5. The Bertz CT molecular complexity index is 344. The summed E-state index contributed by atoms with van der Waals surface area (Å²) in [6.07, 6.45) is 0.740. The molecule has 0 radical (unpaired) electrons. The molecule has 1 rings (SSSR count). The molecule has 1 fully saturated rings. The molecular weight excluding hydrogens is 238 g/mol. The van der Waals surface area contributed by atoms with E-state index in [0.717, 1.165) is 6.42 Å². The normalized spacial score (nSPS) is 20.9. The highest BCUT2D eigenvalue weighted by molar-refractivity contribution is 6.04. The van der Waals surface area contributed by atoms with Crippen LogP contribution in [-0.2, 0) is 14.3 Å². The van der Waals surface area contributed by atoms with E-state index in [1.807, 2.05) is 0 Å². The maximum Gasteiger partial charge on any atom is 0.249 e. The van der Waals surface area contributed by atoms with Crippen LogP contribution in [0.15, 0.2) is 4.99 Å². The van der Waals surface area contributed by atoms with Gasteiger partial charge in [0.1, 0.15) is 12.6 Å². The highest BCUT2D eigenvalue weighted by atomic mass is 16.5. The number of amides is 2. The van der Waals surface area contributed by atoms with Crippen molar-refractivity contribution in [3.8, 4) is 0 Å². The van der Waals surface area contributed by atoms with Gasteiger partial charge in [0.05, 0.1) is 0 Å². The predicted octanol–water partition coefficient (Wildman–Crippen LogP) is -1.81. The summed E-state index contributed by atoms with van der Waals surface area (Å²) in [7, 11) is 1.61. The van der Waals surface area contributed by atoms with Gasteiger partial charge < -0.3 is 9.64 Å². The lowest BCUT2D eigenvalue weighted by molar-refractivity contribution is -0.137. The minimum atomic E-state index is -0.486. The number of carbonyl (C=O) groups excluding carboxylic acids is 2. The van der Waals surface area contributed by atoms with Crippen LogP contribution >= 0.6 is 0 Å². The second-order valence-electron chi connectivity index (χ2n) is 3.91. The Kier molecular flexibility index (Phi) is 5.53. The molecule has 0 aliphatic carbocycles. The number of piperazine rings is 1. The SMILES string of the molecule is COCCCN=C(NN)N1CC(=O)NC(=O)C1C. The summed E-state index contributed by atoms with van der Waals surface area (Å²) < 4.78 is 4.91. The second kappa shape index (κ2) is 6.92. The van der Waals surface area contributed by atoms with Crippen LogP contribution in [0.1, 0.15) is 13.3 Å². The van der Waals surface area contributed by atoms with Crippen molar-refractivity contribution in [3.63, 3.8) is 0 Å². The van der Waals surface area contributed by atoms with Gasteiger partial charge in [-0.3, -0.25) is 25.3 Å². The molecule has 0 aromatic rings. The van der Waals surface area contributed by atoms with Crippen LogP contribution in [0.3, 0.4) is 0 Å². The number of guanidine groups is 1. The Morgan fingerprint density at radius 1 is 1.67 bits per heavy atom. The number of imide groups is 1. The van der Waals surface area contributed by atoms with Crippen molar-refractivity contribution in [1.29, 1.82) is 0 Å². The van der Waals surface area contributed by atoms with Gasteiger partial charge in [0.25, 0.3) is 0 Å². The molecule has 1 aliphatic rings. The Morgan fingerprint density at radius 3 is 3.00 bits per heavy atom. The number of aliphatic imine (C=N–C) groups is 1. The fraction of sp³-hybridized carbons (Fsp3) is 0.700. The van der Waals surface area contributed by atoms with Gasteiger partial charge in [0.15, 0.2) is 0 Å². The van der Waals surface area contributed by atoms with Crippen LogP contribution in [0.25, 0.3) is 0 Å². The summed E-state index contributed by atoms with van der Waals surface area (Å²) in [6.45, 7) is 2.84. The third-order valence-electron chi connectivity index (χ3n) is 2.59. The monoisotopic (exact) mass is 257 g/mol.